The number of benzene rings is 1. The second kappa shape index (κ2) is 11.7. The molecule has 5 nitrogen and oxygen atoms in total. The van der Waals surface area contributed by atoms with E-state index in [4.69, 9.17) is 10.5 Å². The van der Waals surface area contributed by atoms with Crippen molar-refractivity contribution in [3.05, 3.63) is 29.8 Å². The fourth-order valence-corrected chi connectivity index (χ4v) is 3.15. The molecule has 1 aliphatic rings. The summed E-state index contributed by atoms with van der Waals surface area (Å²) in [5, 5.41) is 3.04. The molecule has 0 saturated heterocycles. The Morgan fingerprint density at radius 2 is 1.92 bits per heavy atom. The number of amides is 1. The second-order valence-electron chi connectivity index (χ2n) is 7.32. The van der Waals surface area contributed by atoms with Crippen LogP contribution in [0.5, 0.6) is 5.75 Å². The van der Waals surface area contributed by atoms with Crippen molar-refractivity contribution >= 4 is 30.7 Å². The first-order valence-corrected chi connectivity index (χ1v) is 8.81. The maximum absolute atomic E-state index is 12.4. The van der Waals surface area contributed by atoms with Gasteiger partial charge in [-0.15, -0.1) is 24.8 Å². The van der Waals surface area contributed by atoms with Gasteiger partial charge in [0, 0.05) is 18.6 Å². The van der Waals surface area contributed by atoms with Gasteiger partial charge >= 0.3 is 0 Å². The van der Waals surface area contributed by atoms with Gasteiger partial charge in [-0.3, -0.25) is 4.79 Å². The SMILES string of the molecule is CN(C)CCOc1ccc(CNC(=O)C2CCCCC2(C)N)cc1.Cl.Cl. The van der Waals surface area contributed by atoms with E-state index in [1.165, 1.54) is 0 Å². The number of ether oxygens (including phenoxy) is 1. The summed E-state index contributed by atoms with van der Waals surface area (Å²) in [6.07, 6.45) is 4.01. The van der Waals surface area contributed by atoms with E-state index < -0.39 is 0 Å². The molecule has 7 heteroatoms. The zero-order chi connectivity index (χ0) is 17.6. The highest BCUT2D eigenvalue weighted by molar-refractivity contribution is 5.85. The summed E-state index contributed by atoms with van der Waals surface area (Å²) < 4.78 is 5.67. The van der Waals surface area contributed by atoms with Gasteiger partial charge in [0.2, 0.25) is 5.91 Å². The van der Waals surface area contributed by atoms with Gasteiger partial charge < -0.3 is 20.7 Å². The minimum atomic E-state index is -0.382. The predicted octanol–water partition coefficient (Wildman–Crippen LogP) is 2.99. The van der Waals surface area contributed by atoms with Crippen LogP contribution >= 0.6 is 24.8 Å². The highest BCUT2D eigenvalue weighted by atomic mass is 35.5. The number of hydrogen-bond acceptors (Lipinski definition) is 4. The molecular formula is C19H33Cl2N3O2. The van der Waals surface area contributed by atoms with Gasteiger partial charge in [-0.2, -0.15) is 0 Å². The van der Waals surface area contributed by atoms with E-state index in [1.54, 1.807) is 0 Å². The Kier molecular flexibility index (Phi) is 11.2. The third-order valence-electron chi connectivity index (χ3n) is 4.77. The van der Waals surface area contributed by atoms with E-state index in [0.717, 1.165) is 43.5 Å². The maximum Gasteiger partial charge on any atom is 0.225 e. The third kappa shape index (κ3) is 7.70. The monoisotopic (exact) mass is 405 g/mol. The van der Waals surface area contributed by atoms with Gasteiger partial charge in [-0.05, 0) is 51.6 Å². The number of halogens is 2. The first-order chi connectivity index (χ1) is 11.4. The molecule has 0 aromatic heterocycles. The van der Waals surface area contributed by atoms with Crippen LogP contribution in [0.2, 0.25) is 0 Å². The first-order valence-electron chi connectivity index (χ1n) is 8.81. The smallest absolute Gasteiger partial charge is 0.225 e. The molecule has 1 fully saturated rings. The molecule has 0 spiro atoms. The lowest BCUT2D eigenvalue weighted by Gasteiger charge is -2.37. The zero-order valence-electron chi connectivity index (χ0n) is 16.0. The van der Waals surface area contributed by atoms with Crippen molar-refractivity contribution in [1.82, 2.24) is 10.2 Å². The number of nitrogens with one attached hydrogen (secondary N) is 1. The average molecular weight is 406 g/mol. The number of nitrogens with two attached hydrogens (primary N) is 1. The number of hydrogen-bond donors (Lipinski definition) is 2. The van der Waals surface area contributed by atoms with Crippen LogP contribution in [0.1, 0.15) is 38.2 Å². The van der Waals surface area contributed by atoms with Crippen molar-refractivity contribution < 1.29 is 9.53 Å². The van der Waals surface area contributed by atoms with Crippen LogP contribution in [0.25, 0.3) is 0 Å². The molecule has 2 unspecified atom stereocenters. The fraction of sp³-hybridized carbons (Fsp3) is 0.632. The van der Waals surface area contributed by atoms with Gasteiger partial charge in [0.25, 0.3) is 0 Å². The maximum atomic E-state index is 12.4. The normalized spacial score (nSPS) is 22.1. The molecule has 1 saturated carbocycles. The standard InChI is InChI=1S/C19H31N3O2.2ClH/c1-19(20)11-5-4-6-17(19)18(23)21-14-15-7-9-16(10-8-15)24-13-12-22(2)3;;/h7-10,17H,4-6,11-14,20H2,1-3H3,(H,21,23);2*1H. The highest BCUT2D eigenvalue weighted by Gasteiger charge is 2.37. The molecule has 2 atom stereocenters. The summed E-state index contributed by atoms with van der Waals surface area (Å²) in [5.74, 6) is 0.847. The number of likely N-dealkylation sites (N-methyl/N-ethyl adjacent to an activating group) is 1. The van der Waals surface area contributed by atoms with Gasteiger partial charge in [-0.1, -0.05) is 25.0 Å². The first kappa shape index (κ1) is 25.0. The zero-order valence-corrected chi connectivity index (χ0v) is 17.6. The summed E-state index contributed by atoms with van der Waals surface area (Å²) >= 11 is 0. The molecule has 26 heavy (non-hydrogen) atoms. The van der Waals surface area contributed by atoms with E-state index >= 15 is 0 Å². The molecule has 3 N–H and O–H groups in total. The summed E-state index contributed by atoms with van der Waals surface area (Å²) in [4.78, 5) is 14.5. The predicted molar refractivity (Wildman–Crippen MR) is 111 cm³/mol. The molecule has 0 heterocycles. The lowest BCUT2D eigenvalue weighted by Crippen LogP contribution is -2.52. The van der Waals surface area contributed by atoms with E-state index in [1.807, 2.05) is 45.3 Å². The van der Waals surface area contributed by atoms with Crippen molar-refractivity contribution in [2.45, 2.75) is 44.7 Å². The van der Waals surface area contributed by atoms with Crippen LogP contribution in [0.15, 0.2) is 24.3 Å². The molecule has 0 bridgehead atoms. The quantitative estimate of drug-likeness (QED) is 0.731. The fourth-order valence-electron chi connectivity index (χ4n) is 3.15. The van der Waals surface area contributed by atoms with Crippen LogP contribution in [0.3, 0.4) is 0 Å². The number of rotatable bonds is 7. The van der Waals surface area contributed by atoms with E-state index in [0.29, 0.717) is 13.2 Å². The van der Waals surface area contributed by atoms with Crippen LogP contribution in [-0.2, 0) is 11.3 Å². The number of nitrogens with zero attached hydrogens (tertiary/aromatic N) is 1. The summed E-state index contributed by atoms with van der Waals surface area (Å²) in [5.41, 5.74) is 6.98. The molecule has 0 radical (unpaired) electrons. The van der Waals surface area contributed by atoms with Crippen LogP contribution < -0.4 is 15.8 Å². The second-order valence-corrected chi connectivity index (χ2v) is 7.32. The van der Waals surface area contributed by atoms with E-state index in [-0.39, 0.29) is 42.2 Å². The van der Waals surface area contributed by atoms with Crippen molar-refractivity contribution in [3.63, 3.8) is 0 Å². The minimum Gasteiger partial charge on any atom is -0.492 e. The summed E-state index contributed by atoms with van der Waals surface area (Å²) in [7, 11) is 4.04. The Balaban J connectivity index is 0.00000312. The Morgan fingerprint density at radius 3 is 2.50 bits per heavy atom. The molecule has 0 aliphatic heterocycles. The van der Waals surface area contributed by atoms with Crippen LogP contribution in [-0.4, -0.2) is 43.6 Å². The van der Waals surface area contributed by atoms with E-state index in [9.17, 15) is 4.79 Å². The van der Waals surface area contributed by atoms with Crippen molar-refractivity contribution in [3.8, 4) is 5.75 Å². The molecule has 1 amide bonds. The largest absolute Gasteiger partial charge is 0.492 e. The molecule has 2 rings (SSSR count). The van der Waals surface area contributed by atoms with Crippen molar-refractivity contribution in [1.29, 1.82) is 0 Å². The molecule has 1 aromatic rings. The van der Waals surface area contributed by atoms with Gasteiger partial charge in [-0.25, -0.2) is 0 Å². The molecular weight excluding hydrogens is 373 g/mol. The van der Waals surface area contributed by atoms with Crippen LogP contribution in [0.4, 0.5) is 0 Å². The molecule has 1 aromatic carbocycles. The Labute approximate surface area is 169 Å². The van der Waals surface area contributed by atoms with Crippen LogP contribution in [0, 0.1) is 5.92 Å². The Morgan fingerprint density at radius 1 is 1.27 bits per heavy atom. The summed E-state index contributed by atoms with van der Waals surface area (Å²) in [6, 6.07) is 7.89. The van der Waals surface area contributed by atoms with Gasteiger partial charge in [0.05, 0.1) is 5.92 Å². The number of carbonyl (C=O) groups is 1. The Bertz CT molecular complexity index is 536. The molecule has 150 valence electrons. The average Bonchev–Trinajstić information content (AvgIpc) is 2.53. The lowest BCUT2D eigenvalue weighted by molar-refractivity contribution is -0.128. The third-order valence-corrected chi connectivity index (χ3v) is 4.77. The minimum absolute atomic E-state index is 0. The van der Waals surface area contributed by atoms with Gasteiger partial charge in [0.1, 0.15) is 12.4 Å². The molecule has 1 aliphatic carbocycles. The van der Waals surface area contributed by atoms with Crippen molar-refractivity contribution in [2.75, 3.05) is 27.2 Å². The number of carbonyl (C=O) groups excluding carboxylic acids is 1. The van der Waals surface area contributed by atoms with Gasteiger partial charge in [0.15, 0.2) is 0 Å². The highest BCUT2D eigenvalue weighted by Crippen LogP contribution is 2.31. The lowest BCUT2D eigenvalue weighted by atomic mass is 9.74. The topological polar surface area (TPSA) is 67.6 Å². The van der Waals surface area contributed by atoms with Crippen molar-refractivity contribution in [2.24, 2.45) is 11.7 Å². The Hall–Kier alpha value is -1.01. The summed E-state index contributed by atoms with van der Waals surface area (Å²) in [6.45, 7) is 4.08. The van der Waals surface area contributed by atoms with E-state index in [2.05, 4.69) is 10.2 Å².